The number of ether oxygens (including phenoxy) is 2. The van der Waals surface area contributed by atoms with E-state index in [-0.39, 0.29) is 24.0 Å². The fraction of sp³-hybridized carbons (Fsp3) is 0.632. The van der Waals surface area contributed by atoms with Gasteiger partial charge >= 0.3 is 0 Å². The first-order valence-corrected chi connectivity index (χ1v) is 8.97. The third-order valence-corrected chi connectivity index (χ3v) is 3.69. The maximum Gasteiger partial charge on any atom is 0.191 e. The standard InChI is InChI=1S/C19H33N3O2.HI/c1-4-17-10-6-7-11-18(17)16-22-19(20-5-2)21-12-8-9-13-24-15-14-23-3;/h6-7,10-11H,4-5,8-9,12-16H2,1-3H3,(H2,20,21,22);1H. The molecule has 6 heteroatoms. The lowest BCUT2D eigenvalue weighted by Crippen LogP contribution is -2.37. The van der Waals surface area contributed by atoms with E-state index in [2.05, 4.69) is 48.7 Å². The molecule has 0 aliphatic heterocycles. The summed E-state index contributed by atoms with van der Waals surface area (Å²) in [5.41, 5.74) is 2.66. The maximum absolute atomic E-state index is 5.46. The summed E-state index contributed by atoms with van der Waals surface area (Å²) < 4.78 is 10.4. The predicted molar refractivity (Wildman–Crippen MR) is 116 cm³/mol. The minimum absolute atomic E-state index is 0. The molecule has 2 N–H and O–H groups in total. The molecule has 0 atom stereocenters. The van der Waals surface area contributed by atoms with Crippen LogP contribution in [0.15, 0.2) is 29.3 Å². The number of nitrogens with zero attached hydrogens (tertiary/aromatic N) is 1. The summed E-state index contributed by atoms with van der Waals surface area (Å²) >= 11 is 0. The van der Waals surface area contributed by atoms with Crippen LogP contribution >= 0.6 is 24.0 Å². The largest absolute Gasteiger partial charge is 0.382 e. The molecule has 5 nitrogen and oxygen atoms in total. The molecular weight excluding hydrogens is 429 g/mol. The zero-order valence-corrected chi connectivity index (χ0v) is 18.2. The van der Waals surface area contributed by atoms with Crippen molar-refractivity contribution >= 4 is 29.9 Å². The van der Waals surface area contributed by atoms with Gasteiger partial charge in [-0.3, -0.25) is 0 Å². The molecule has 0 heterocycles. The van der Waals surface area contributed by atoms with Gasteiger partial charge in [-0.05, 0) is 37.3 Å². The Bertz CT molecular complexity index is 470. The molecule has 144 valence electrons. The van der Waals surface area contributed by atoms with Crippen LogP contribution in [-0.2, 0) is 22.4 Å². The normalized spacial score (nSPS) is 11.1. The van der Waals surface area contributed by atoms with E-state index in [1.54, 1.807) is 7.11 Å². The molecule has 0 aromatic heterocycles. The highest BCUT2D eigenvalue weighted by atomic mass is 127. The Morgan fingerprint density at radius 1 is 1.00 bits per heavy atom. The molecule has 25 heavy (non-hydrogen) atoms. The third-order valence-electron chi connectivity index (χ3n) is 3.69. The van der Waals surface area contributed by atoms with Crippen LogP contribution in [0.2, 0.25) is 0 Å². The zero-order valence-electron chi connectivity index (χ0n) is 15.8. The Kier molecular flexibility index (Phi) is 16.0. The Morgan fingerprint density at radius 3 is 2.44 bits per heavy atom. The van der Waals surface area contributed by atoms with Gasteiger partial charge in [0.05, 0.1) is 19.8 Å². The van der Waals surface area contributed by atoms with Crippen molar-refractivity contribution in [2.75, 3.05) is 40.0 Å². The maximum atomic E-state index is 5.46. The molecule has 0 radical (unpaired) electrons. The number of aliphatic imine (C=N–C) groups is 1. The van der Waals surface area contributed by atoms with Crippen molar-refractivity contribution in [3.05, 3.63) is 35.4 Å². The Hall–Kier alpha value is -0.860. The third kappa shape index (κ3) is 11.4. The van der Waals surface area contributed by atoms with Crippen LogP contribution in [0.25, 0.3) is 0 Å². The molecule has 0 spiro atoms. The van der Waals surface area contributed by atoms with Crippen molar-refractivity contribution in [1.29, 1.82) is 0 Å². The number of aryl methyl sites for hydroxylation is 1. The number of unbranched alkanes of at least 4 members (excludes halogenated alkanes) is 1. The van der Waals surface area contributed by atoms with Crippen molar-refractivity contribution < 1.29 is 9.47 Å². The number of benzene rings is 1. The zero-order chi connectivity index (χ0) is 17.5. The Labute approximate surface area is 170 Å². The summed E-state index contributed by atoms with van der Waals surface area (Å²) in [6.07, 6.45) is 3.14. The minimum atomic E-state index is 0. The minimum Gasteiger partial charge on any atom is -0.382 e. The van der Waals surface area contributed by atoms with E-state index < -0.39 is 0 Å². The fourth-order valence-corrected chi connectivity index (χ4v) is 2.34. The van der Waals surface area contributed by atoms with Gasteiger partial charge in [-0.1, -0.05) is 31.2 Å². The predicted octanol–water partition coefficient (Wildman–Crippen LogP) is 3.37. The molecule has 0 amide bonds. The summed E-state index contributed by atoms with van der Waals surface area (Å²) in [6, 6.07) is 8.50. The molecule has 0 fully saturated rings. The van der Waals surface area contributed by atoms with Crippen molar-refractivity contribution in [2.24, 2.45) is 4.99 Å². The summed E-state index contributed by atoms with van der Waals surface area (Å²) in [6.45, 7) is 8.85. The number of halogens is 1. The number of rotatable bonds is 12. The topological polar surface area (TPSA) is 54.9 Å². The highest BCUT2D eigenvalue weighted by Gasteiger charge is 2.01. The number of hydrogen-bond acceptors (Lipinski definition) is 3. The lowest BCUT2D eigenvalue weighted by Gasteiger charge is -2.12. The SMILES string of the molecule is CCNC(=NCc1ccccc1CC)NCCCCOCCOC.I. The molecule has 0 unspecified atom stereocenters. The first-order valence-electron chi connectivity index (χ1n) is 8.97. The van der Waals surface area contributed by atoms with Gasteiger partial charge in [0.2, 0.25) is 0 Å². The molecule has 1 rings (SSSR count). The molecule has 0 aliphatic carbocycles. The van der Waals surface area contributed by atoms with Gasteiger partial charge in [0, 0.05) is 26.8 Å². The van der Waals surface area contributed by atoms with Crippen molar-refractivity contribution in [3.63, 3.8) is 0 Å². The van der Waals surface area contributed by atoms with Crippen LogP contribution in [0.4, 0.5) is 0 Å². The summed E-state index contributed by atoms with van der Waals surface area (Å²) in [7, 11) is 1.69. The summed E-state index contributed by atoms with van der Waals surface area (Å²) in [5, 5.41) is 6.69. The molecular formula is C19H34IN3O2. The second-order valence-electron chi connectivity index (χ2n) is 5.56. The number of hydrogen-bond donors (Lipinski definition) is 2. The molecule has 1 aromatic carbocycles. The quantitative estimate of drug-likeness (QED) is 0.216. The van der Waals surface area contributed by atoms with E-state index in [9.17, 15) is 0 Å². The Balaban J connectivity index is 0.00000576. The lowest BCUT2D eigenvalue weighted by molar-refractivity contribution is 0.0689. The monoisotopic (exact) mass is 463 g/mol. The molecule has 0 saturated carbocycles. The van der Waals surface area contributed by atoms with Crippen LogP contribution in [-0.4, -0.2) is 46.0 Å². The molecule has 0 bridgehead atoms. The van der Waals surface area contributed by atoms with Crippen LogP contribution in [0, 0.1) is 0 Å². The highest BCUT2D eigenvalue weighted by Crippen LogP contribution is 2.10. The van der Waals surface area contributed by atoms with Gasteiger partial charge in [0.15, 0.2) is 5.96 Å². The van der Waals surface area contributed by atoms with Crippen LogP contribution < -0.4 is 10.6 Å². The van der Waals surface area contributed by atoms with Gasteiger partial charge in [-0.15, -0.1) is 24.0 Å². The molecule has 0 saturated heterocycles. The van der Waals surface area contributed by atoms with Crippen LogP contribution in [0.1, 0.15) is 37.8 Å². The van der Waals surface area contributed by atoms with E-state index in [1.807, 2.05) is 0 Å². The van der Waals surface area contributed by atoms with Gasteiger partial charge in [-0.2, -0.15) is 0 Å². The fourth-order valence-electron chi connectivity index (χ4n) is 2.34. The van der Waals surface area contributed by atoms with Crippen molar-refractivity contribution in [1.82, 2.24) is 10.6 Å². The van der Waals surface area contributed by atoms with Crippen molar-refractivity contribution in [3.8, 4) is 0 Å². The second-order valence-corrected chi connectivity index (χ2v) is 5.56. The average molecular weight is 463 g/mol. The van der Waals surface area contributed by atoms with Crippen LogP contribution in [0.5, 0.6) is 0 Å². The number of guanidine groups is 1. The first-order chi connectivity index (χ1) is 11.8. The second kappa shape index (κ2) is 16.6. The van der Waals surface area contributed by atoms with Gasteiger partial charge < -0.3 is 20.1 Å². The van der Waals surface area contributed by atoms with Crippen LogP contribution in [0.3, 0.4) is 0 Å². The first kappa shape index (κ1) is 24.1. The molecule has 0 aliphatic rings. The van der Waals surface area contributed by atoms with Gasteiger partial charge in [0.1, 0.15) is 0 Å². The van der Waals surface area contributed by atoms with Gasteiger partial charge in [-0.25, -0.2) is 4.99 Å². The summed E-state index contributed by atoms with van der Waals surface area (Å²) in [4.78, 5) is 4.70. The Morgan fingerprint density at radius 2 is 1.76 bits per heavy atom. The smallest absolute Gasteiger partial charge is 0.191 e. The number of nitrogens with one attached hydrogen (secondary N) is 2. The van der Waals surface area contributed by atoms with Crippen molar-refractivity contribution in [2.45, 2.75) is 39.7 Å². The van der Waals surface area contributed by atoms with E-state index in [1.165, 1.54) is 11.1 Å². The summed E-state index contributed by atoms with van der Waals surface area (Å²) in [5.74, 6) is 0.878. The molecule has 1 aromatic rings. The average Bonchev–Trinajstić information content (AvgIpc) is 2.62. The van der Waals surface area contributed by atoms with E-state index in [4.69, 9.17) is 14.5 Å². The number of methoxy groups -OCH3 is 1. The lowest BCUT2D eigenvalue weighted by atomic mass is 10.1. The van der Waals surface area contributed by atoms with E-state index in [0.29, 0.717) is 19.8 Å². The van der Waals surface area contributed by atoms with Gasteiger partial charge in [0.25, 0.3) is 0 Å². The van der Waals surface area contributed by atoms with E-state index in [0.717, 1.165) is 44.9 Å². The highest BCUT2D eigenvalue weighted by molar-refractivity contribution is 14.0. The van der Waals surface area contributed by atoms with E-state index >= 15 is 0 Å².